The molecule has 0 aliphatic rings. The molecule has 23 heavy (non-hydrogen) atoms. The van der Waals surface area contributed by atoms with Gasteiger partial charge in [-0.05, 0) is 18.8 Å². The van der Waals surface area contributed by atoms with Gasteiger partial charge < -0.3 is 9.47 Å². The number of rotatable bonds is 12. The van der Waals surface area contributed by atoms with Crippen LogP contribution in [-0.4, -0.2) is 49.1 Å². The van der Waals surface area contributed by atoms with Crippen LogP contribution >= 0.6 is 11.6 Å². The van der Waals surface area contributed by atoms with Crippen molar-refractivity contribution < 1.29 is 19.1 Å². The number of alkyl halides is 1. The van der Waals surface area contributed by atoms with Gasteiger partial charge in [0, 0.05) is 12.9 Å². The van der Waals surface area contributed by atoms with Gasteiger partial charge in [0.15, 0.2) is 0 Å². The van der Waals surface area contributed by atoms with E-state index < -0.39 is 12.1 Å². The summed E-state index contributed by atoms with van der Waals surface area (Å²) in [6.45, 7) is 6.59. The van der Waals surface area contributed by atoms with Gasteiger partial charge in [0.25, 0.3) is 0 Å². The molecule has 136 valence electrons. The molecular formula is C17H32ClNO4. The Balaban J connectivity index is 4.30. The van der Waals surface area contributed by atoms with E-state index in [4.69, 9.17) is 21.1 Å². The average molecular weight is 350 g/mol. The number of halogens is 1. The third-order valence-electron chi connectivity index (χ3n) is 3.57. The van der Waals surface area contributed by atoms with Gasteiger partial charge in [-0.25, -0.2) is 9.59 Å². The molecule has 0 aliphatic carbocycles. The monoisotopic (exact) mass is 349 g/mol. The highest BCUT2D eigenvalue weighted by Gasteiger charge is 2.31. The second kappa shape index (κ2) is 13.5. The molecule has 1 atom stereocenters. The van der Waals surface area contributed by atoms with E-state index in [1.165, 1.54) is 17.7 Å². The molecule has 0 heterocycles. The standard InChI is InChI=1S/C17H32ClNO4/c1-5-6-7-8-9-12-22-16(20)15(14(2)3)19(4)17(21)23-13-10-11-18/h14-15H,5-13H2,1-4H3. The van der Waals surface area contributed by atoms with Gasteiger partial charge in [-0.3, -0.25) is 4.90 Å². The van der Waals surface area contributed by atoms with Crippen molar-refractivity contribution in [2.24, 2.45) is 5.92 Å². The van der Waals surface area contributed by atoms with E-state index in [2.05, 4.69) is 6.92 Å². The summed E-state index contributed by atoms with van der Waals surface area (Å²) in [5.41, 5.74) is 0. The third kappa shape index (κ3) is 9.69. The van der Waals surface area contributed by atoms with Crippen LogP contribution in [0.3, 0.4) is 0 Å². The molecule has 6 heteroatoms. The van der Waals surface area contributed by atoms with Crippen molar-refractivity contribution in [1.82, 2.24) is 4.90 Å². The predicted molar refractivity (Wildman–Crippen MR) is 92.8 cm³/mol. The fourth-order valence-electron chi connectivity index (χ4n) is 2.27. The largest absolute Gasteiger partial charge is 0.464 e. The Morgan fingerprint density at radius 1 is 1.00 bits per heavy atom. The number of esters is 1. The van der Waals surface area contributed by atoms with Crippen LogP contribution in [-0.2, 0) is 14.3 Å². The number of hydrogen-bond donors (Lipinski definition) is 0. The zero-order valence-electron chi connectivity index (χ0n) is 15.0. The molecule has 0 saturated carbocycles. The number of carbonyl (C=O) groups excluding carboxylic acids is 2. The summed E-state index contributed by atoms with van der Waals surface area (Å²) in [7, 11) is 1.57. The first-order valence-corrected chi connectivity index (χ1v) is 9.11. The maximum Gasteiger partial charge on any atom is 0.410 e. The minimum atomic E-state index is -0.630. The lowest BCUT2D eigenvalue weighted by molar-refractivity contribution is -0.150. The van der Waals surface area contributed by atoms with Crippen molar-refractivity contribution in [3.05, 3.63) is 0 Å². The van der Waals surface area contributed by atoms with Crippen LogP contribution in [0.15, 0.2) is 0 Å². The molecule has 0 spiro atoms. The van der Waals surface area contributed by atoms with Crippen LogP contribution in [0, 0.1) is 5.92 Å². The molecule has 0 rings (SSSR count). The van der Waals surface area contributed by atoms with Crippen LogP contribution in [0.1, 0.15) is 59.3 Å². The Bertz CT molecular complexity index is 337. The van der Waals surface area contributed by atoms with E-state index in [0.717, 1.165) is 19.3 Å². The highest BCUT2D eigenvalue weighted by atomic mass is 35.5. The second-order valence-electron chi connectivity index (χ2n) is 6.04. The molecule has 0 radical (unpaired) electrons. The van der Waals surface area contributed by atoms with Crippen LogP contribution in [0.2, 0.25) is 0 Å². The lowest BCUT2D eigenvalue weighted by Crippen LogP contribution is -2.47. The van der Waals surface area contributed by atoms with Crippen molar-refractivity contribution in [3.63, 3.8) is 0 Å². The first-order chi connectivity index (χ1) is 11.0. The summed E-state index contributed by atoms with van der Waals surface area (Å²) in [6.07, 6.45) is 5.55. The number of unbranched alkanes of at least 4 members (excludes halogenated alkanes) is 4. The molecule has 0 saturated heterocycles. The van der Waals surface area contributed by atoms with E-state index >= 15 is 0 Å². The van der Waals surface area contributed by atoms with Gasteiger partial charge in [-0.2, -0.15) is 0 Å². The van der Waals surface area contributed by atoms with Crippen molar-refractivity contribution in [2.75, 3.05) is 26.1 Å². The highest BCUT2D eigenvalue weighted by molar-refractivity contribution is 6.17. The molecule has 5 nitrogen and oxygen atoms in total. The summed E-state index contributed by atoms with van der Waals surface area (Å²) in [5.74, 6) is 0.0189. The van der Waals surface area contributed by atoms with Crippen molar-refractivity contribution >= 4 is 23.7 Å². The molecule has 1 unspecified atom stereocenters. The first-order valence-electron chi connectivity index (χ1n) is 8.57. The van der Waals surface area contributed by atoms with Gasteiger partial charge in [0.05, 0.1) is 13.2 Å². The molecule has 0 aliphatic heterocycles. The zero-order chi connectivity index (χ0) is 17.7. The van der Waals surface area contributed by atoms with E-state index in [9.17, 15) is 9.59 Å². The zero-order valence-corrected chi connectivity index (χ0v) is 15.7. The van der Waals surface area contributed by atoms with Crippen LogP contribution < -0.4 is 0 Å². The summed E-state index contributed by atoms with van der Waals surface area (Å²) < 4.78 is 10.4. The molecule has 0 fully saturated rings. The molecular weight excluding hydrogens is 318 g/mol. The van der Waals surface area contributed by atoms with E-state index in [0.29, 0.717) is 18.9 Å². The predicted octanol–water partition coefficient (Wildman–Crippen LogP) is 4.22. The van der Waals surface area contributed by atoms with Gasteiger partial charge >= 0.3 is 12.1 Å². The van der Waals surface area contributed by atoms with Gasteiger partial charge in [-0.15, -0.1) is 11.6 Å². The maximum absolute atomic E-state index is 12.3. The van der Waals surface area contributed by atoms with E-state index in [-0.39, 0.29) is 18.5 Å². The summed E-state index contributed by atoms with van der Waals surface area (Å²) in [4.78, 5) is 25.5. The summed E-state index contributed by atoms with van der Waals surface area (Å²) in [6, 6.07) is -0.630. The van der Waals surface area contributed by atoms with Gasteiger partial charge in [-0.1, -0.05) is 46.5 Å². The lowest BCUT2D eigenvalue weighted by Gasteiger charge is -2.28. The molecule has 1 amide bonds. The summed E-state index contributed by atoms with van der Waals surface area (Å²) in [5, 5.41) is 0. The number of nitrogens with zero attached hydrogens (tertiary/aromatic N) is 1. The third-order valence-corrected chi connectivity index (χ3v) is 3.84. The Kier molecular flexibility index (Phi) is 12.9. The lowest BCUT2D eigenvalue weighted by atomic mass is 10.0. The van der Waals surface area contributed by atoms with Gasteiger partial charge in [0.1, 0.15) is 6.04 Å². The van der Waals surface area contributed by atoms with Crippen LogP contribution in [0.25, 0.3) is 0 Å². The van der Waals surface area contributed by atoms with Crippen LogP contribution in [0.5, 0.6) is 0 Å². The minimum absolute atomic E-state index is 0.0480. The van der Waals surface area contributed by atoms with E-state index in [1.807, 2.05) is 13.8 Å². The minimum Gasteiger partial charge on any atom is -0.464 e. The highest BCUT2D eigenvalue weighted by Crippen LogP contribution is 2.13. The fourth-order valence-corrected chi connectivity index (χ4v) is 2.38. The SMILES string of the molecule is CCCCCCCOC(=O)C(C(C)C)N(C)C(=O)OCCCCl. The fraction of sp³-hybridized carbons (Fsp3) is 0.882. The van der Waals surface area contributed by atoms with Crippen LogP contribution in [0.4, 0.5) is 4.79 Å². The van der Waals surface area contributed by atoms with Crippen molar-refractivity contribution in [3.8, 4) is 0 Å². The molecule has 0 aromatic carbocycles. The second-order valence-corrected chi connectivity index (χ2v) is 6.42. The average Bonchev–Trinajstić information content (AvgIpc) is 2.50. The number of likely N-dealkylation sites (N-methyl/N-ethyl adjacent to an activating group) is 1. The smallest absolute Gasteiger partial charge is 0.410 e. The maximum atomic E-state index is 12.3. The normalized spacial score (nSPS) is 12.1. The Labute approximate surface area is 145 Å². The Morgan fingerprint density at radius 2 is 1.61 bits per heavy atom. The molecule has 0 aromatic heterocycles. The number of carbonyl (C=O) groups is 2. The molecule has 0 N–H and O–H groups in total. The summed E-state index contributed by atoms with van der Waals surface area (Å²) >= 11 is 5.55. The molecule has 0 aromatic rings. The Morgan fingerprint density at radius 3 is 2.17 bits per heavy atom. The van der Waals surface area contributed by atoms with Crippen molar-refractivity contribution in [2.45, 2.75) is 65.3 Å². The van der Waals surface area contributed by atoms with Crippen molar-refractivity contribution in [1.29, 1.82) is 0 Å². The Hall–Kier alpha value is -0.970. The first kappa shape index (κ1) is 22.0. The number of amides is 1. The topological polar surface area (TPSA) is 55.8 Å². The van der Waals surface area contributed by atoms with E-state index in [1.54, 1.807) is 7.05 Å². The molecule has 0 bridgehead atoms. The quantitative estimate of drug-likeness (QED) is 0.300. The number of hydrogen-bond acceptors (Lipinski definition) is 4. The number of ether oxygens (including phenoxy) is 2. The van der Waals surface area contributed by atoms with Gasteiger partial charge in [0.2, 0.25) is 0 Å².